The fourth-order valence-electron chi connectivity index (χ4n) is 2.44. The maximum absolute atomic E-state index is 12.3. The third kappa shape index (κ3) is 2.73. The molecule has 22 heavy (non-hydrogen) atoms. The Labute approximate surface area is 129 Å². The molecule has 3 rings (SSSR count). The van der Waals surface area contributed by atoms with Crippen molar-refractivity contribution in [1.82, 2.24) is 0 Å². The van der Waals surface area contributed by atoms with Crippen molar-refractivity contribution in [1.29, 1.82) is 0 Å². The lowest BCUT2D eigenvalue weighted by molar-refractivity contribution is 0.198. The van der Waals surface area contributed by atoms with Crippen LogP contribution in [0.1, 0.15) is 11.7 Å². The molecule has 1 heterocycles. The van der Waals surface area contributed by atoms with Crippen LogP contribution in [0.15, 0.2) is 53.4 Å². The van der Waals surface area contributed by atoms with Gasteiger partial charge in [0.25, 0.3) is 10.0 Å². The molecule has 0 bridgehead atoms. The SMILES string of the molecule is NCC1OB(O)c2cc(NS(=O)(=O)c3ccccc3)ccc21. The highest BCUT2D eigenvalue weighted by molar-refractivity contribution is 7.92. The van der Waals surface area contributed by atoms with E-state index >= 15 is 0 Å². The van der Waals surface area contributed by atoms with Crippen LogP contribution < -0.4 is 15.9 Å². The minimum atomic E-state index is -3.66. The van der Waals surface area contributed by atoms with Gasteiger partial charge in [-0.2, -0.15) is 0 Å². The fourth-order valence-corrected chi connectivity index (χ4v) is 3.51. The van der Waals surface area contributed by atoms with Gasteiger partial charge in [0, 0.05) is 12.2 Å². The van der Waals surface area contributed by atoms with Crippen LogP contribution in [0.2, 0.25) is 0 Å². The van der Waals surface area contributed by atoms with Gasteiger partial charge in [0.15, 0.2) is 0 Å². The smallest absolute Gasteiger partial charge is 0.423 e. The Kier molecular flexibility index (Phi) is 3.92. The largest absolute Gasteiger partial charge is 0.492 e. The standard InChI is InChI=1S/C14H15BN2O4S/c16-9-14-12-7-6-10(8-13(12)15(18)21-14)17-22(19,20)11-4-2-1-3-5-11/h1-8,14,17-18H,9,16H2. The third-order valence-corrected chi connectivity index (χ3v) is 4.91. The zero-order valence-corrected chi connectivity index (χ0v) is 12.5. The number of hydrogen-bond donors (Lipinski definition) is 3. The number of nitrogens with two attached hydrogens (primary N) is 1. The first-order valence-corrected chi connectivity index (χ1v) is 8.25. The third-order valence-electron chi connectivity index (χ3n) is 3.51. The van der Waals surface area contributed by atoms with Gasteiger partial charge in [0.2, 0.25) is 0 Å². The van der Waals surface area contributed by atoms with Crippen molar-refractivity contribution >= 4 is 28.3 Å². The summed E-state index contributed by atoms with van der Waals surface area (Å²) in [6.07, 6.45) is -0.371. The summed E-state index contributed by atoms with van der Waals surface area (Å²) in [7, 11) is -4.76. The average molecular weight is 318 g/mol. The quantitative estimate of drug-likeness (QED) is 0.699. The first-order chi connectivity index (χ1) is 10.5. The Hall–Kier alpha value is -1.87. The molecule has 0 aliphatic carbocycles. The summed E-state index contributed by atoms with van der Waals surface area (Å²) >= 11 is 0. The van der Waals surface area contributed by atoms with Crippen LogP contribution in [0.3, 0.4) is 0 Å². The van der Waals surface area contributed by atoms with E-state index in [2.05, 4.69) is 4.72 Å². The second-order valence-electron chi connectivity index (χ2n) is 4.98. The molecule has 8 heteroatoms. The molecular formula is C14H15BN2O4S. The first kappa shape index (κ1) is 15.0. The van der Waals surface area contributed by atoms with Crippen molar-refractivity contribution in [2.45, 2.75) is 11.0 Å². The van der Waals surface area contributed by atoms with E-state index < -0.39 is 17.1 Å². The molecule has 0 aromatic heterocycles. The number of sulfonamides is 1. The van der Waals surface area contributed by atoms with E-state index in [0.717, 1.165) is 5.56 Å². The van der Waals surface area contributed by atoms with Crippen molar-refractivity contribution in [3.05, 3.63) is 54.1 Å². The first-order valence-electron chi connectivity index (χ1n) is 6.76. The summed E-state index contributed by atoms with van der Waals surface area (Å²) in [4.78, 5) is 0.173. The van der Waals surface area contributed by atoms with Crippen LogP contribution in [0.25, 0.3) is 0 Å². The van der Waals surface area contributed by atoms with Crippen molar-refractivity contribution < 1.29 is 18.1 Å². The Morgan fingerprint density at radius 3 is 2.64 bits per heavy atom. The minimum absolute atomic E-state index is 0.173. The maximum atomic E-state index is 12.3. The molecule has 4 N–H and O–H groups in total. The van der Waals surface area contributed by atoms with Gasteiger partial charge in [-0.05, 0) is 35.3 Å². The minimum Gasteiger partial charge on any atom is -0.423 e. The molecule has 1 aliphatic rings. The molecule has 0 fully saturated rings. The molecule has 0 amide bonds. The molecule has 2 aromatic carbocycles. The lowest BCUT2D eigenvalue weighted by Gasteiger charge is -2.11. The fraction of sp³-hybridized carbons (Fsp3) is 0.143. The second-order valence-corrected chi connectivity index (χ2v) is 6.66. The van der Waals surface area contributed by atoms with Gasteiger partial charge >= 0.3 is 7.12 Å². The Balaban J connectivity index is 1.90. The van der Waals surface area contributed by atoms with Crippen molar-refractivity contribution in [2.24, 2.45) is 5.73 Å². The van der Waals surface area contributed by atoms with Crippen LogP contribution in [-0.2, 0) is 14.7 Å². The van der Waals surface area contributed by atoms with Gasteiger partial charge in [-0.15, -0.1) is 0 Å². The number of fused-ring (bicyclic) bond motifs is 1. The molecule has 1 unspecified atom stereocenters. The zero-order valence-electron chi connectivity index (χ0n) is 11.6. The molecule has 1 atom stereocenters. The number of benzene rings is 2. The lowest BCUT2D eigenvalue weighted by atomic mass is 9.79. The van der Waals surface area contributed by atoms with Gasteiger partial charge in [-0.1, -0.05) is 24.3 Å². The summed E-state index contributed by atoms with van der Waals surface area (Å²) in [5, 5.41) is 9.87. The van der Waals surface area contributed by atoms with E-state index in [1.165, 1.54) is 12.1 Å². The molecule has 0 saturated heterocycles. The molecule has 1 aliphatic heterocycles. The van der Waals surface area contributed by atoms with Crippen LogP contribution in [0, 0.1) is 0 Å². The van der Waals surface area contributed by atoms with Gasteiger partial charge in [0.05, 0.1) is 11.0 Å². The highest BCUT2D eigenvalue weighted by atomic mass is 32.2. The van der Waals surface area contributed by atoms with Crippen LogP contribution in [0.5, 0.6) is 0 Å². The highest BCUT2D eigenvalue weighted by Gasteiger charge is 2.34. The van der Waals surface area contributed by atoms with Crippen LogP contribution >= 0.6 is 0 Å². The highest BCUT2D eigenvalue weighted by Crippen LogP contribution is 2.25. The second kappa shape index (κ2) is 5.73. The number of anilines is 1. The monoisotopic (exact) mass is 318 g/mol. The number of hydrogen-bond acceptors (Lipinski definition) is 5. The average Bonchev–Trinajstić information content (AvgIpc) is 2.84. The van der Waals surface area contributed by atoms with E-state index in [1.807, 2.05) is 0 Å². The molecular weight excluding hydrogens is 303 g/mol. The Bertz CT molecular complexity index is 783. The van der Waals surface area contributed by atoms with Gasteiger partial charge in [-0.3, -0.25) is 4.72 Å². The maximum Gasteiger partial charge on any atom is 0.492 e. The molecule has 2 aromatic rings. The molecule has 6 nitrogen and oxygen atoms in total. The number of rotatable bonds is 4. The Morgan fingerprint density at radius 1 is 1.23 bits per heavy atom. The van der Waals surface area contributed by atoms with E-state index in [-0.39, 0.29) is 17.5 Å². The predicted molar refractivity (Wildman–Crippen MR) is 84.2 cm³/mol. The summed E-state index contributed by atoms with van der Waals surface area (Å²) < 4.78 is 32.4. The van der Waals surface area contributed by atoms with E-state index in [0.29, 0.717) is 11.2 Å². The van der Waals surface area contributed by atoms with Gasteiger partial charge in [-0.25, -0.2) is 8.42 Å². The topological polar surface area (TPSA) is 102 Å². The summed E-state index contributed by atoms with van der Waals surface area (Å²) in [5.41, 5.74) is 7.25. The number of nitrogens with one attached hydrogen (secondary N) is 1. The predicted octanol–water partition coefficient (Wildman–Crippen LogP) is 0.205. The van der Waals surface area contributed by atoms with E-state index in [1.54, 1.807) is 36.4 Å². The normalized spacial score (nSPS) is 17.4. The van der Waals surface area contributed by atoms with Crippen LogP contribution in [-0.4, -0.2) is 27.1 Å². The summed E-state index contributed by atoms with van der Waals surface area (Å²) in [6, 6.07) is 13.0. The van der Waals surface area contributed by atoms with Crippen molar-refractivity contribution in [3.8, 4) is 0 Å². The van der Waals surface area contributed by atoms with E-state index in [4.69, 9.17) is 10.4 Å². The molecule has 0 saturated carbocycles. The van der Waals surface area contributed by atoms with E-state index in [9.17, 15) is 13.4 Å². The molecule has 114 valence electrons. The van der Waals surface area contributed by atoms with Crippen LogP contribution in [0.4, 0.5) is 5.69 Å². The van der Waals surface area contributed by atoms with Crippen molar-refractivity contribution in [2.75, 3.05) is 11.3 Å². The van der Waals surface area contributed by atoms with Gasteiger partial charge < -0.3 is 15.4 Å². The van der Waals surface area contributed by atoms with Gasteiger partial charge in [0.1, 0.15) is 0 Å². The lowest BCUT2D eigenvalue weighted by Crippen LogP contribution is -2.28. The van der Waals surface area contributed by atoms with Crippen molar-refractivity contribution in [3.63, 3.8) is 0 Å². The Morgan fingerprint density at radius 2 is 1.95 bits per heavy atom. The molecule has 0 radical (unpaired) electrons. The zero-order chi connectivity index (χ0) is 15.7. The summed E-state index contributed by atoms with van der Waals surface area (Å²) in [6.45, 7) is 0.249. The summed E-state index contributed by atoms with van der Waals surface area (Å²) in [5.74, 6) is 0. The molecule has 0 spiro atoms.